The summed E-state index contributed by atoms with van der Waals surface area (Å²) in [7, 11) is 0. The van der Waals surface area contributed by atoms with Crippen molar-refractivity contribution in [1.29, 1.82) is 0 Å². The topological polar surface area (TPSA) is 69.4 Å². The molecule has 4 aromatic heterocycles. The molecule has 0 aliphatic heterocycles. The highest BCUT2D eigenvalue weighted by Crippen LogP contribution is 2.33. The summed E-state index contributed by atoms with van der Waals surface area (Å²) in [6, 6.07) is 15.5. The van der Waals surface area contributed by atoms with Crippen LogP contribution in [0.25, 0.3) is 27.8 Å². The molecule has 0 atom stereocenters. The minimum absolute atomic E-state index is 0.664. The summed E-state index contributed by atoms with van der Waals surface area (Å²) >= 11 is 9.61. The Morgan fingerprint density at radius 2 is 1.88 bits per heavy atom. The number of rotatable bonds is 6. The Balaban J connectivity index is 1.49. The van der Waals surface area contributed by atoms with Crippen LogP contribution in [-0.2, 0) is 5.75 Å². The third kappa shape index (κ3) is 4.17. The third-order valence-corrected chi connectivity index (χ3v) is 7.12. The molecule has 0 saturated carbocycles. The van der Waals surface area contributed by atoms with Crippen molar-refractivity contribution in [3.05, 3.63) is 88.8 Å². The predicted molar refractivity (Wildman–Crippen MR) is 129 cm³/mol. The van der Waals surface area contributed by atoms with Gasteiger partial charge in [0.25, 0.3) is 0 Å². The van der Waals surface area contributed by atoms with E-state index in [4.69, 9.17) is 16.6 Å². The maximum absolute atomic E-state index is 6.43. The lowest BCUT2D eigenvalue weighted by Gasteiger charge is -2.13. The number of aromatic nitrogens is 6. The maximum Gasteiger partial charge on any atom is 0.196 e. The first-order valence-electron chi connectivity index (χ1n) is 9.80. The SMILES string of the molecule is Cc1c(Cl)cccc1-n1c(SCc2csc(-c3ccccn3)n2)nnc1-c1ccncc1. The molecule has 0 amide bonds. The van der Waals surface area contributed by atoms with Crippen LogP contribution in [0.5, 0.6) is 0 Å². The summed E-state index contributed by atoms with van der Waals surface area (Å²) in [4.78, 5) is 13.2. The first-order valence-corrected chi connectivity index (χ1v) is 12.0. The summed E-state index contributed by atoms with van der Waals surface area (Å²) in [6.45, 7) is 2.00. The lowest BCUT2D eigenvalue weighted by Crippen LogP contribution is -2.02. The summed E-state index contributed by atoms with van der Waals surface area (Å²) in [5.74, 6) is 1.41. The molecule has 4 heterocycles. The number of thioether (sulfide) groups is 1. The Morgan fingerprint density at radius 1 is 1.00 bits per heavy atom. The van der Waals surface area contributed by atoms with Crippen molar-refractivity contribution in [3.8, 4) is 27.8 Å². The summed E-state index contributed by atoms with van der Waals surface area (Å²) in [5.41, 5.74) is 4.71. The fraction of sp³-hybridized carbons (Fsp3) is 0.0870. The molecule has 0 radical (unpaired) electrons. The van der Waals surface area contributed by atoms with Gasteiger partial charge in [0.15, 0.2) is 11.0 Å². The Kier molecular flexibility index (Phi) is 5.98. The van der Waals surface area contributed by atoms with E-state index >= 15 is 0 Å². The zero-order valence-corrected chi connectivity index (χ0v) is 19.4. The molecule has 5 rings (SSSR count). The van der Waals surface area contributed by atoms with Crippen molar-refractivity contribution in [2.24, 2.45) is 0 Å². The van der Waals surface area contributed by atoms with Crippen LogP contribution >= 0.6 is 34.7 Å². The van der Waals surface area contributed by atoms with Crippen molar-refractivity contribution in [3.63, 3.8) is 0 Å². The molecule has 158 valence electrons. The molecule has 1 aromatic carbocycles. The molecule has 0 aliphatic carbocycles. The summed E-state index contributed by atoms with van der Waals surface area (Å²) in [6.07, 6.45) is 5.28. The summed E-state index contributed by atoms with van der Waals surface area (Å²) in [5, 5.41) is 13.4. The number of benzene rings is 1. The first-order chi connectivity index (χ1) is 15.7. The number of nitrogens with zero attached hydrogens (tertiary/aromatic N) is 6. The standard InChI is InChI=1S/C23H17ClN6S2/c1-15-18(24)5-4-7-20(15)30-21(16-8-11-25-12-9-16)28-29-23(30)32-14-17-13-31-22(27-17)19-6-2-3-10-26-19/h2-13H,14H2,1H3. The van der Waals surface area contributed by atoms with Crippen LogP contribution in [0.2, 0.25) is 5.02 Å². The zero-order valence-electron chi connectivity index (χ0n) is 17.0. The number of thiazole rings is 1. The number of hydrogen-bond donors (Lipinski definition) is 0. The molecule has 5 aromatic rings. The average molecular weight is 477 g/mol. The van der Waals surface area contributed by atoms with Crippen LogP contribution in [0.4, 0.5) is 0 Å². The van der Waals surface area contributed by atoms with Crippen molar-refractivity contribution >= 4 is 34.7 Å². The van der Waals surface area contributed by atoms with E-state index in [-0.39, 0.29) is 0 Å². The minimum Gasteiger partial charge on any atom is -0.270 e. The van der Waals surface area contributed by atoms with E-state index in [2.05, 4.69) is 25.5 Å². The fourth-order valence-corrected chi connectivity index (χ4v) is 5.13. The van der Waals surface area contributed by atoms with Crippen molar-refractivity contribution in [2.45, 2.75) is 17.8 Å². The van der Waals surface area contributed by atoms with Crippen molar-refractivity contribution in [2.75, 3.05) is 0 Å². The van der Waals surface area contributed by atoms with Gasteiger partial charge in [-0.3, -0.25) is 14.5 Å². The second-order valence-electron chi connectivity index (χ2n) is 6.91. The van der Waals surface area contributed by atoms with Gasteiger partial charge in [0.1, 0.15) is 5.01 Å². The van der Waals surface area contributed by atoms with Crippen molar-refractivity contribution in [1.82, 2.24) is 29.7 Å². The van der Waals surface area contributed by atoms with Gasteiger partial charge in [0.2, 0.25) is 0 Å². The molecule has 0 fully saturated rings. The quantitative estimate of drug-likeness (QED) is 0.276. The molecule has 0 aliphatic rings. The van der Waals surface area contributed by atoms with Crippen LogP contribution in [0.3, 0.4) is 0 Å². The highest BCUT2D eigenvalue weighted by molar-refractivity contribution is 7.98. The molecule has 0 bridgehead atoms. The second kappa shape index (κ2) is 9.20. The Labute approximate surface area is 198 Å². The van der Waals surface area contributed by atoms with E-state index in [9.17, 15) is 0 Å². The molecule has 0 unspecified atom stereocenters. The molecule has 0 saturated heterocycles. The van der Waals surface area contributed by atoms with Gasteiger partial charge in [-0.25, -0.2) is 4.98 Å². The van der Waals surface area contributed by atoms with Crippen LogP contribution in [-0.4, -0.2) is 29.7 Å². The zero-order chi connectivity index (χ0) is 21.9. The third-order valence-electron chi connectivity index (χ3n) is 4.84. The van der Waals surface area contributed by atoms with Gasteiger partial charge < -0.3 is 0 Å². The van der Waals surface area contributed by atoms with E-state index in [0.717, 1.165) is 44.2 Å². The second-order valence-corrected chi connectivity index (χ2v) is 9.12. The minimum atomic E-state index is 0.664. The van der Waals surface area contributed by atoms with E-state index in [1.807, 2.05) is 60.0 Å². The molecular formula is C23H17ClN6S2. The normalized spacial score (nSPS) is 11.1. The molecule has 0 spiro atoms. The van der Waals surface area contributed by atoms with E-state index in [0.29, 0.717) is 10.8 Å². The monoisotopic (exact) mass is 476 g/mol. The van der Waals surface area contributed by atoms with E-state index in [1.54, 1.807) is 41.7 Å². The number of hydrogen-bond acceptors (Lipinski definition) is 7. The molecule has 0 N–H and O–H groups in total. The first kappa shape index (κ1) is 20.8. The smallest absolute Gasteiger partial charge is 0.196 e. The molecule has 9 heteroatoms. The van der Waals surface area contributed by atoms with Gasteiger partial charge >= 0.3 is 0 Å². The van der Waals surface area contributed by atoms with Crippen LogP contribution in [0, 0.1) is 6.92 Å². The highest BCUT2D eigenvalue weighted by Gasteiger charge is 2.19. The van der Waals surface area contributed by atoms with Gasteiger partial charge in [-0.15, -0.1) is 21.5 Å². The lowest BCUT2D eigenvalue weighted by molar-refractivity contribution is 0.879. The Hall–Kier alpha value is -3.07. The van der Waals surface area contributed by atoms with Gasteiger partial charge in [0.05, 0.1) is 17.1 Å². The van der Waals surface area contributed by atoms with Gasteiger partial charge in [-0.1, -0.05) is 35.5 Å². The van der Waals surface area contributed by atoms with Crippen LogP contribution in [0.1, 0.15) is 11.3 Å². The van der Waals surface area contributed by atoms with Gasteiger partial charge in [0, 0.05) is 40.3 Å². The van der Waals surface area contributed by atoms with Gasteiger partial charge in [-0.05, 0) is 48.9 Å². The highest BCUT2D eigenvalue weighted by atomic mass is 35.5. The predicted octanol–water partition coefficient (Wildman–Crippen LogP) is 6.10. The largest absolute Gasteiger partial charge is 0.270 e. The number of halogens is 1. The van der Waals surface area contributed by atoms with Crippen LogP contribution in [0.15, 0.2) is 77.7 Å². The lowest BCUT2D eigenvalue weighted by atomic mass is 10.2. The Morgan fingerprint density at radius 3 is 2.69 bits per heavy atom. The summed E-state index contributed by atoms with van der Waals surface area (Å²) < 4.78 is 2.05. The van der Waals surface area contributed by atoms with Crippen molar-refractivity contribution < 1.29 is 0 Å². The van der Waals surface area contributed by atoms with E-state index in [1.165, 1.54) is 0 Å². The molecule has 6 nitrogen and oxygen atoms in total. The molecular weight excluding hydrogens is 460 g/mol. The van der Waals surface area contributed by atoms with Crippen LogP contribution < -0.4 is 0 Å². The number of pyridine rings is 2. The maximum atomic E-state index is 6.43. The fourth-order valence-electron chi connectivity index (χ4n) is 3.23. The average Bonchev–Trinajstić information content (AvgIpc) is 3.48. The Bertz CT molecular complexity index is 1350. The molecule has 32 heavy (non-hydrogen) atoms. The van der Waals surface area contributed by atoms with E-state index < -0.39 is 0 Å². The van der Waals surface area contributed by atoms with Gasteiger partial charge in [-0.2, -0.15) is 0 Å².